The van der Waals surface area contributed by atoms with Gasteiger partial charge >= 0.3 is 0 Å². The first-order valence-electron chi connectivity index (χ1n) is 11.6. The number of fused-ring (bicyclic) bond motifs is 1. The molecule has 1 fully saturated rings. The van der Waals surface area contributed by atoms with Crippen molar-refractivity contribution in [1.29, 1.82) is 0 Å². The number of aromatic nitrogens is 3. The number of hydrogen-bond donors (Lipinski definition) is 0. The third-order valence-corrected chi connectivity index (χ3v) is 6.53. The summed E-state index contributed by atoms with van der Waals surface area (Å²) < 4.78 is 7.81. The summed E-state index contributed by atoms with van der Waals surface area (Å²) in [5.41, 5.74) is 4.33. The summed E-state index contributed by atoms with van der Waals surface area (Å²) in [6.45, 7) is 2.66. The van der Waals surface area contributed by atoms with Gasteiger partial charge in [0.15, 0.2) is 5.65 Å². The van der Waals surface area contributed by atoms with E-state index < -0.39 is 0 Å². The van der Waals surface area contributed by atoms with Crippen molar-refractivity contribution in [2.75, 3.05) is 18.6 Å². The fraction of sp³-hybridized carbons (Fsp3) is 0.333. The molecule has 0 N–H and O–H groups in total. The first-order valence-corrected chi connectivity index (χ1v) is 11.6. The molecule has 0 radical (unpaired) electrons. The van der Waals surface area contributed by atoms with Crippen LogP contribution in [0.25, 0.3) is 27.8 Å². The molecule has 2 heterocycles. The van der Waals surface area contributed by atoms with E-state index in [0.29, 0.717) is 12.6 Å². The number of nitrogens with zero attached hydrogens (tertiary/aromatic N) is 4. The van der Waals surface area contributed by atoms with Gasteiger partial charge in [-0.05, 0) is 49.6 Å². The molecule has 164 valence electrons. The summed E-state index contributed by atoms with van der Waals surface area (Å²) in [4.78, 5) is 11.9. The largest absolute Gasteiger partial charge is 0.494 e. The molecule has 0 atom stereocenters. The summed E-state index contributed by atoms with van der Waals surface area (Å²) >= 11 is 0. The fourth-order valence-corrected chi connectivity index (χ4v) is 4.86. The molecule has 1 aliphatic rings. The lowest BCUT2D eigenvalue weighted by molar-refractivity contribution is 0.340. The lowest BCUT2D eigenvalue weighted by Gasteiger charge is -2.32. The van der Waals surface area contributed by atoms with E-state index in [1.54, 1.807) is 6.33 Å². The normalized spacial score (nSPS) is 14.6. The maximum Gasteiger partial charge on any atom is 0.150 e. The van der Waals surface area contributed by atoms with Crippen molar-refractivity contribution >= 4 is 16.9 Å². The zero-order valence-electron chi connectivity index (χ0n) is 18.9. The summed E-state index contributed by atoms with van der Waals surface area (Å²) in [6.07, 6.45) is 10.3. The Hall–Kier alpha value is -3.34. The molecule has 1 aliphatic carbocycles. The summed E-state index contributed by atoms with van der Waals surface area (Å²) in [6, 6.07) is 19.3. The highest BCUT2D eigenvalue weighted by Crippen LogP contribution is 2.38. The predicted molar refractivity (Wildman–Crippen MR) is 131 cm³/mol. The van der Waals surface area contributed by atoms with Crippen molar-refractivity contribution in [1.82, 2.24) is 14.5 Å². The molecule has 0 spiro atoms. The van der Waals surface area contributed by atoms with Gasteiger partial charge in [-0.1, -0.05) is 49.6 Å². The second-order valence-corrected chi connectivity index (χ2v) is 8.50. The van der Waals surface area contributed by atoms with Crippen LogP contribution in [0.2, 0.25) is 0 Å². The molecule has 2 aromatic carbocycles. The Labute approximate surface area is 189 Å². The van der Waals surface area contributed by atoms with Crippen LogP contribution in [-0.4, -0.2) is 34.2 Å². The molecule has 2 aromatic heterocycles. The van der Waals surface area contributed by atoms with Crippen molar-refractivity contribution in [3.05, 3.63) is 67.1 Å². The highest BCUT2D eigenvalue weighted by Gasteiger charge is 2.24. The van der Waals surface area contributed by atoms with Gasteiger partial charge in [-0.2, -0.15) is 0 Å². The van der Waals surface area contributed by atoms with Crippen molar-refractivity contribution in [2.24, 2.45) is 0 Å². The first kappa shape index (κ1) is 20.6. The average Bonchev–Trinajstić information content (AvgIpc) is 3.25. The minimum Gasteiger partial charge on any atom is -0.494 e. The molecule has 5 heteroatoms. The molecule has 0 amide bonds. The van der Waals surface area contributed by atoms with Crippen LogP contribution < -0.4 is 9.64 Å². The van der Waals surface area contributed by atoms with Crippen LogP contribution >= 0.6 is 0 Å². The van der Waals surface area contributed by atoms with E-state index in [9.17, 15) is 0 Å². The smallest absolute Gasteiger partial charge is 0.150 e. The van der Waals surface area contributed by atoms with Crippen LogP contribution in [0, 0.1) is 0 Å². The quantitative estimate of drug-likeness (QED) is 0.365. The van der Waals surface area contributed by atoms with Gasteiger partial charge in [-0.15, -0.1) is 0 Å². The van der Waals surface area contributed by atoms with E-state index in [2.05, 4.69) is 65.2 Å². The molecule has 0 saturated heterocycles. The SMILES string of the molecule is CCOc1ccc(-n2cc(-c3ccccc3)c3c(N(C)C4CCCCC4)ncnc32)cc1. The lowest BCUT2D eigenvalue weighted by atomic mass is 9.94. The van der Waals surface area contributed by atoms with E-state index >= 15 is 0 Å². The van der Waals surface area contributed by atoms with E-state index in [-0.39, 0.29) is 0 Å². The van der Waals surface area contributed by atoms with E-state index in [4.69, 9.17) is 14.7 Å². The maximum atomic E-state index is 5.63. The van der Waals surface area contributed by atoms with Gasteiger partial charge in [0.05, 0.1) is 12.0 Å². The Kier molecular flexibility index (Phi) is 5.80. The van der Waals surface area contributed by atoms with Crippen LogP contribution in [0.4, 0.5) is 5.82 Å². The minimum absolute atomic E-state index is 0.527. The molecule has 5 nitrogen and oxygen atoms in total. The summed E-state index contributed by atoms with van der Waals surface area (Å²) in [5, 5.41) is 1.11. The second-order valence-electron chi connectivity index (χ2n) is 8.50. The lowest BCUT2D eigenvalue weighted by Crippen LogP contribution is -2.34. The summed E-state index contributed by atoms with van der Waals surface area (Å²) in [7, 11) is 2.20. The Morgan fingerprint density at radius 2 is 1.72 bits per heavy atom. The molecular formula is C27H30N4O. The van der Waals surface area contributed by atoms with Crippen LogP contribution in [0.5, 0.6) is 5.75 Å². The van der Waals surface area contributed by atoms with E-state index in [1.807, 2.05) is 19.1 Å². The Morgan fingerprint density at radius 1 is 0.969 bits per heavy atom. The van der Waals surface area contributed by atoms with Crippen LogP contribution in [-0.2, 0) is 0 Å². The Balaban J connectivity index is 1.67. The average molecular weight is 427 g/mol. The van der Waals surface area contributed by atoms with Crippen molar-refractivity contribution in [3.63, 3.8) is 0 Å². The monoisotopic (exact) mass is 426 g/mol. The first-order chi connectivity index (χ1) is 15.8. The van der Waals surface area contributed by atoms with Crippen molar-refractivity contribution in [2.45, 2.75) is 45.1 Å². The molecule has 32 heavy (non-hydrogen) atoms. The molecule has 4 aromatic rings. The van der Waals surface area contributed by atoms with Gasteiger partial charge in [-0.25, -0.2) is 9.97 Å². The molecule has 1 saturated carbocycles. The number of benzene rings is 2. The third kappa shape index (κ3) is 3.83. The van der Waals surface area contributed by atoms with Crippen LogP contribution in [0.3, 0.4) is 0 Å². The number of hydrogen-bond acceptors (Lipinski definition) is 4. The van der Waals surface area contributed by atoms with Crippen molar-refractivity contribution < 1.29 is 4.74 Å². The predicted octanol–water partition coefficient (Wildman–Crippen LogP) is 6.26. The Bertz CT molecular complexity index is 1180. The summed E-state index contributed by atoms with van der Waals surface area (Å²) in [5.74, 6) is 1.90. The van der Waals surface area contributed by atoms with Gasteiger partial charge < -0.3 is 14.2 Å². The molecule has 0 bridgehead atoms. The van der Waals surface area contributed by atoms with Crippen LogP contribution in [0.15, 0.2) is 67.1 Å². The van der Waals surface area contributed by atoms with Gasteiger partial charge in [0.25, 0.3) is 0 Å². The molecule has 0 aliphatic heterocycles. The zero-order chi connectivity index (χ0) is 21.9. The highest BCUT2D eigenvalue weighted by atomic mass is 16.5. The zero-order valence-corrected chi connectivity index (χ0v) is 18.9. The highest BCUT2D eigenvalue weighted by molar-refractivity contribution is 6.02. The number of ether oxygens (including phenoxy) is 1. The fourth-order valence-electron chi connectivity index (χ4n) is 4.86. The Morgan fingerprint density at radius 3 is 2.44 bits per heavy atom. The van der Waals surface area contributed by atoms with Gasteiger partial charge in [0, 0.05) is 30.5 Å². The van der Waals surface area contributed by atoms with Gasteiger partial charge in [0.1, 0.15) is 17.9 Å². The van der Waals surface area contributed by atoms with Crippen LogP contribution in [0.1, 0.15) is 39.0 Å². The molecule has 0 unspecified atom stereocenters. The topological polar surface area (TPSA) is 43.2 Å². The van der Waals surface area contributed by atoms with E-state index in [1.165, 1.54) is 37.7 Å². The maximum absolute atomic E-state index is 5.63. The third-order valence-electron chi connectivity index (χ3n) is 6.53. The number of anilines is 1. The number of rotatable bonds is 6. The minimum atomic E-state index is 0.527. The van der Waals surface area contributed by atoms with E-state index in [0.717, 1.165) is 33.9 Å². The second kappa shape index (κ2) is 9.03. The molecular weight excluding hydrogens is 396 g/mol. The van der Waals surface area contributed by atoms with Crippen molar-refractivity contribution in [3.8, 4) is 22.6 Å². The standard InChI is InChI=1S/C27H30N4O/c1-3-32-23-16-14-22(15-17-23)31-18-24(20-10-6-4-7-11-20)25-26(28-19-29-27(25)31)30(2)21-12-8-5-9-13-21/h4,6-7,10-11,14-19,21H,3,5,8-9,12-13H2,1-2H3. The van der Waals surface area contributed by atoms with Gasteiger partial charge in [-0.3, -0.25) is 0 Å². The molecule has 5 rings (SSSR count). The van der Waals surface area contributed by atoms with Gasteiger partial charge in [0.2, 0.25) is 0 Å².